The van der Waals surface area contributed by atoms with Crippen LogP contribution in [0.5, 0.6) is 11.5 Å². The van der Waals surface area contributed by atoms with Gasteiger partial charge in [0.25, 0.3) is 0 Å². The molecule has 0 spiro atoms. The van der Waals surface area contributed by atoms with Gasteiger partial charge in [-0.1, -0.05) is 13.8 Å². The Morgan fingerprint density at radius 1 is 1.25 bits per heavy atom. The van der Waals surface area contributed by atoms with Gasteiger partial charge in [-0.25, -0.2) is 0 Å². The number of benzene rings is 1. The molecule has 0 aliphatic carbocycles. The van der Waals surface area contributed by atoms with Crippen LogP contribution in [0.25, 0.3) is 0 Å². The number of aliphatic hydroxyl groups excluding tert-OH is 1. The van der Waals surface area contributed by atoms with Crippen LogP contribution in [0, 0.1) is 5.41 Å². The maximum Gasteiger partial charge on any atom is 0.193 e. The number of aliphatic hydroxyl groups is 1. The molecule has 0 unspecified atom stereocenters. The van der Waals surface area contributed by atoms with Crippen molar-refractivity contribution in [2.24, 2.45) is 16.1 Å². The second-order valence-corrected chi connectivity index (χ2v) is 5.57. The first-order valence-corrected chi connectivity index (χ1v) is 7.94. The Hall–Kier alpha value is -1.22. The van der Waals surface area contributed by atoms with E-state index in [-0.39, 0.29) is 36.0 Å². The Kier molecular flexibility index (Phi) is 10.8. The lowest BCUT2D eigenvalue weighted by Gasteiger charge is -2.29. The van der Waals surface area contributed by atoms with Crippen molar-refractivity contribution < 1.29 is 14.6 Å². The molecule has 0 aromatic heterocycles. The van der Waals surface area contributed by atoms with E-state index < -0.39 is 0 Å². The van der Waals surface area contributed by atoms with Crippen LogP contribution in [-0.4, -0.2) is 38.4 Å². The average molecular weight is 451 g/mol. The molecule has 1 aromatic carbocycles. The molecule has 0 radical (unpaired) electrons. The number of aliphatic imine (C=N–C) groups is 1. The molecule has 0 fully saturated rings. The van der Waals surface area contributed by atoms with Gasteiger partial charge in [0, 0.05) is 19.2 Å². The maximum atomic E-state index is 9.26. The molecule has 0 saturated carbocycles. The zero-order chi connectivity index (χ0) is 17.3. The van der Waals surface area contributed by atoms with E-state index in [1.54, 1.807) is 14.2 Å². The Morgan fingerprint density at radius 2 is 1.92 bits per heavy atom. The lowest BCUT2D eigenvalue weighted by Crippen LogP contribution is -2.29. The number of guanidine groups is 1. The van der Waals surface area contributed by atoms with Crippen LogP contribution in [0.15, 0.2) is 23.2 Å². The molecule has 1 rings (SSSR count). The highest BCUT2D eigenvalue weighted by atomic mass is 127. The van der Waals surface area contributed by atoms with Gasteiger partial charge in [-0.2, -0.15) is 0 Å². The molecule has 0 atom stereocenters. The summed E-state index contributed by atoms with van der Waals surface area (Å²) in [6, 6.07) is 5.43. The van der Waals surface area contributed by atoms with Crippen LogP contribution in [0.2, 0.25) is 0 Å². The minimum atomic E-state index is -0.0144. The molecule has 24 heavy (non-hydrogen) atoms. The van der Waals surface area contributed by atoms with E-state index in [2.05, 4.69) is 24.2 Å². The standard InChI is InChI=1S/C17H29N3O3.HI/c1-5-17(6-2,9-10-21)12-19-16(18)20-14-11-13(22-3)7-8-15(14)23-4;/h7-8,11,21H,5-6,9-10,12H2,1-4H3,(H3,18,19,20);1H. The fourth-order valence-electron chi connectivity index (χ4n) is 2.49. The lowest BCUT2D eigenvalue weighted by molar-refractivity contribution is 0.175. The summed E-state index contributed by atoms with van der Waals surface area (Å²) in [6.07, 6.45) is 2.62. The molecule has 0 saturated heterocycles. The molecule has 0 aliphatic heterocycles. The van der Waals surface area contributed by atoms with Crippen molar-refractivity contribution in [1.29, 1.82) is 0 Å². The highest BCUT2D eigenvalue weighted by Gasteiger charge is 2.25. The van der Waals surface area contributed by atoms with Crippen LogP contribution in [0.1, 0.15) is 33.1 Å². The molecule has 7 heteroatoms. The van der Waals surface area contributed by atoms with Crippen molar-refractivity contribution in [2.75, 3.05) is 32.7 Å². The molecule has 0 amide bonds. The summed E-state index contributed by atoms with van der Waals surface area (Å²) in [7, 11) is 3.20. The van der Waals surface area contributed by atoms with E-state index in [4.69, 9.17) is 15.2 Å². The van der Waals surface area contributed by atoms with Gasteiger partial charge in [-0.15, -0.1) is 24.0 Å². The van der Waals surface area contributed by atoms with Gasteiger partial charge < -0.3 is 25.6 Å². The number of rotatable bonds is 9. The maximum absolute atomic E-state index is 9.26. The summed E-state index contributed by atoms with van der Waals surface area (Å²) < 4.78 is 10.5. The van der Waals surface area contributed by atoms with Crippen molar-refractivity contribution in [3.63, 3.8) is 0 Å². The number of nitrogens with zero attached hydrogens (tertiary/aromatic N) is 1. The number of nitrogens with one attached hydrogen (secondary N) is 1. The Morgan fingerprint density at radius 3 is 2.42 bits per heavy atom. The van der Waals surface area contributed by atoms with Crippen molar-refractivity contribution in [1.82, 2.24) is 0 Å². The highest BCUT2D eigenvalue weighted by Crippen LogP contribution is 2.31. The Balaban J connectivity index is 0.00000529. The topological polar surface area (TPSA) is 89.1 Å². The summed E-state index contributed by atoms with van der Waals surface area (Å²) in [5.41, 5.74) is 6.70. The third-order valence-electron chi connectivity index (χ3n) is 4.40. The van der Waals surface area contributed by atoms with Crippen molar-refractivity contribution in [2.45, 2.75) is 33.1 Å². The van der Waals surface area contributed by atoms with E-state index >= 15 is 0 Å². The first-order chi connectivity index (χ1) is 11.0. The Labute approximate surface area is 161 Å². The van der Waals surface area contributed by atoms with Gasteiger partial charge in [0.15, 0.2) is 5.96 Å². The number of hydrogen-bond donors (Lipinski definition) is 3. The van der Waals surface area contributed by atoms with Crippen molar-refractivity contribution in [3.05, 3.63) is 18.2 Å². The molecule has 4 N–H and O–H groups in total. The lowest BCUT2D eigenvalue weighted by atomic mass is 9.79. The smallest absolute Gasteiger partial charge is 0.193 e. The molecule has 0 aliphatic rings. The molecule has 6 nitrogen and oxygen atoms in total. The Bertz CT molecular complexity index is 520. The minimum absolute atomic E-state index is 0. The predicted molar refractivity (Wildman–Crippen MR) is 110 cm³/mol. The number of ether oxygens (including phenoxy) is 2. The first kappa shape index (κ1) is 22.8. The number of methoxy groups -OCH3 is 2. The number of anilines is 1. The van der Waals surface area contributed by atoms with Gasteiger partial charge in [0.05, 0.1) is 19.9 Å². The first-order valence-electron chi connectivity index (χ1n) is 7.94. The van der Waals surface area contributed by atoms with Gasteiger partial charge in [-0.05, 0) is 36.8 Å². The third-order valence-corrected chi connectivity index (χ3v) is 4.40. The summed E-state index contributed by atoms with van der Waals surface area (Å²) in [5.74, 6) is 1.69. The average Bonchev–Trinajstić information content (AvgIpc) is 2.58. The van der Waals surface area contributed by atoms with Gasteiger partial charge >= 0.3 is 0 Å². The summed E-state index contributed by atoms with van der Waals surface area (Å²) >= 11 is 0. The van der Waals surface area contributed by atoms with E-state index in [0.717, 1.165) is 19.3 Å². The zero-order valence-electron chi connectivity index (χ0n) is 15.0. The largest absolute Gasteiger partial charge is 0.497 e. The molecule has 0 heterocycles. The van der Waals surface area contributed by atoms with Gasteiger partial charge in [-0.3, -0.25) is 4.99 Å². The molecular formula is C17H30IN3O3. The molecule has 0 bridgehead atoms. The van der Waals surface area contributed by atoms with Crippen LogP contribution in [0.3, 0.4) is 0 Å². The monoisotopic (exact) mass is 451 g/mol. The minimum Gasteiger partial charge on any atom is -0.497 e. The quantitative estimate of drug-likeness (QED) is 0.305. The van der Waals surface area contributed by atoms with Gasteiger partial charge in [0.1, 0.15) is 11.5 Å². The van der Waals surface area contributed by atoms with Crippen LogP contribution in [0.4, 0.5) is 5.69 Å². The SMILES string of the molecule is CCC(CC)(CCO)CN=C(N)Nc1cc(OC)ccc1OC.I. The van der Waals surface area contributed by atoms with E-state index in [9.17, 15) is 5.11 Å². The number of nitrogens with two attached hydrogens (primary N) is 1. The normalized spacial score (nSPS) is 11.6. The number of hydrogen-bond acceptors (Lipinski definition) is 4. The molecule has 138 valence electrons. The fourth-order valence-corrected chi connectivity index (χ4v) is 2.49. The fraction of sp³-hybridized carbons (Fsp3) is 0.588. The summed E-state index contributed by atoms with van der Waals surface area (Å²) in [5, 5.41) is 12.3. The van der Waals surface area contributed by atoms with Crippen molar-refractivity contribution in [3.8, 4) is 11.5 Å². The zero-order valence-corrected chi connectivity index (χ0v) is 17.3. The van der Waals surface area contributed by atoms with Gasteiger partial charge in [0.2, 0.25) is 0 Å². The highest BCUT2D eigenvalue weighted by molar-refractivity contribution is 14.0. The van der Waals surface area contributed by atoms with E-state index in [0.29, 0.717) is 29.7 Å². The number of halogens is 1. The summed E-state index contributed by atoms with van der Waals surface area (Å²) in [6.45, 7) is 4.96. The predicted octanol–water partition coefficient (Wildman–Crippen LogP) is 3.24. The summed E-state index contributed by atoms with van der Waals surface area (Å²) in [4.78, 5) is 4.46. The van der Waals surface area contributed by atoms with Crippen LogP contribution < -0.4 is 20.5 Å². The molecular weight excluding hydrogens is 421 g/mol. The second-order valence-electron chi connectivity index (χ2n) is 5.57. The second kappa shape index (κ2) is 11.4. The van der Waals surface area contributed by atoms with Crippen LogP contribution in [-0.2, 0) is 0 Å². The molecule has 1 aromatic rings. The van der Waals surface area contributed by atoms with E-state index in [1.165, 1.54) is 0 Å². The van der Waals surface area contributed by atoms with E-state index in [1.807, 2.05) is 18.2 Å². The third kappa shape index (κ3) is 6.35. The van der Waals surface area contributed by atoms with Crippen LogP contribution >= 0.6 is 24.0 Å². The van der Waals surface area contributed by atoms with Crippen molar-refractivity contribution >= 4 is 35.6 Å².